The van der Waals surface area contributed by atoms with E-state index < -0.39 is 0 Å². The van der Waals surface area contributed by atoms with E-state index in [1.165, 1.54) is 0 Å². The zero-order valence-electron chi connectivity index (χ0n) is 10.8. The predicted molar refractivity (Wildman–Crippen MR) is 76.8 cm³/mol. The van der Waals surface area contributed by atoms with Crippen molar-refractivity contribution >= 4 is 27.5 Å². The standard InChI is InChI=1S/C13H16BrClO4/c1-16-10-5-8(9(15)6-11(10)17-2)13(14)12-7-18-3-4-19-12/h5-6,12-13H,3-4,7H2,1-2H3. The van der Waals surface area contributed by atoms with Crippen molar-refractivity contribution in [2.24, 2.45) is 0 Å². The minimum absolute atomic E-state index is 0.0555. The van der Waals surface area contributed by atoms with Gasteiger partial charge < -0.3 is 18.9 Å². The van der Waals surface area contributed by atoms with Crippen molar-refractivity contribution in [3.63, 3.8) is 0 Å². The number of hydrogen-bond donors (Lipinski definition) is 0. The zero-order chi connectivity index (χ0) is 13.8. The first-order valence-corrected chi connectivity index (χ1v) is 7.21. The molecule has 1 aliphatic heterocycles. The van der Waals surface area contributed by atoms with Gasteiger partial charge >= 0.3 is 0 Å². The summed E-state index contributed by atoms with van der Waals surface area (Å²) in [5, 5.41) is 0.605. The highest BCUT2D eigenvalue weighted by atomic mass is 79.9. The third-order valence-corrected chi connectivity index (χ3v) is 4.38. The van der Waals surface area contributed by atoms with Crippen LogP contribution in [0.1, 0.15) is 10.4 Å². The molecule has 1 heterocycles. The molecule has 1 aromatic carbocycles. The van der Waals surface area contributed by atoms with Gasteiger partial charge in [0.1, 0.15) is 0 Å². The summed E-state index contributed by atoms with van der Waals surface area (Å²) in [6.45, 7) is 1.77. The number of hydrogen-bond acceptors (Lipinski definition) is 4. The van der Waals surface area contributed by atoms with Crippen LogP contribution in [0.25, 0.3) is 0 Å². The van der Waals surface area contributed by atoms with E-state index >= 15 is 0 Å². The summed E-state index contributed by atoms with van der Waals surface area (Å²) in [5.74, 6) is 1.25. The van der Waals surface area contributed by atoms with Gasteiger partial charge in [0.15, 0.2) is 11.5 Å². The highest BCUT2D eigenvalue weighted by Gasteiger charge is 2.27. The Bertz CT molecular complexity index is 435. The van der Waals surface area contributed by atoms with Crippen LogP contribution >= 0.6 is 27.5 Å². The lowest BCUT2D eigenvalue weighted by atomic mass is 10.1. The van der Waals surface area contributed by atoms with Gasteiger partial charge in [0.2, 0.25) is 0 Å². The van der Waals surface area contributed by atoms with Crippen molar-refractivity contribution in [3.8, 4) is 11.5 Å². The van der Waals surface area contributed by atoms with E-state index in [1.54, 1.807) is 20.3 Å². The Labute approximate surface area is 126 Å². The molecule has 19 heavy (non-hydrogen) atoms. The van der Waals surface area contributed by atoms with Crippen LogP contribution in [0.3, 0.4) is 0 Å². The Balaban J connectivity index is 2.27. The van der Waals surface area contributed by atoms with E-state index in [4.69, 9.17) is 30.5 Å². The maximum absolute atomic E-state index is 6.29. The molecule has 0 aromatic heterocycles. The van der Waals surface area contributed by atoms with Crippen molar-refractivity contribution in [1.29, 1.82) is 0 Å². The average molecular weight is 352 g/mol. The molecule has 2 unspecified atom stereocenters. The largest absolute Gasteiger partial charge is 0.493 e. The fraction of sp³-hybridized carbons (Fsp3) is 0.538. The molecule has 1 aromatic rings. The number of rotatable bonds is 4. The molecule has 0 saturated carbocycles. The summed E-state index contributed by atoms with van der Waals surface area (Å²) in [7, 11) is 3.18. The SMILES string of the molecule is COc1cc(Cl)c(C(Br)C2COCCO2)cc1OC. The van der Waals surface area contributed by atoms with Crippen molar-refractivity contribution in [2.75, 3.05) is 34.0 Å². The van der Waals surface area contributed by atoms with Crippen LogP contribution in [-0.2, 0) is 9.47 Å². The second-order valence-corrected chi connectivity index (χ2v) is 5.51. The van der Waals surface area contributed by atoms with Gasteiger partial charge in [0, 0.05) is 11.1 Å². The van der Waals surface area contributed by atoms with E-state index in [2.05, 4.69) is 15.9 Å². The Morgan fingerprint density at radius 3 is 2.53 bits per heavy atom. The van der Waals surface area contributed by atoms with E-state index in [0.29, 0.717) is 36.3 Å². The van der Waals surface area contributed by atoms with E-state index in [1.807, 2.05) is 6.07 Å². The number of halogens is 2. The molecule has 0 aliphatic carbocycles. The first-order valence-electron chi connectivity index (χ1n) is 5.92. The highest BCUT2D eigenvalue weighted by Crippen LogP contribution is 2.40. The Kier molecular flexibility index (Phi) is 5.33. The van der Waals surface area contributed by atoms with Crippen LogP contribution in [0.5, 0.6) is 11.5 Å². The summed E-state index contributed by atoms with van der Waals surface area (Å²) < 4.78 is 21.6. The van der Waals surface area contributed by atoms with Crippen molar-refractivity contribution in [1.82, 2.24) is 0 Å². The molecular weight excluding hydrogens is 335 g/mol. The van der Waals surface area contributed by atoms with Gasteiger partial charge in [-0.1, -0.05) is 27.5 Å². The van der Waals surface area contributed by atoms with E-state index in [-0.39, 0.29) is 10.9 Å². The molecule has 6 heteroatoms. The minimum atomic E-state index is -0.0654. The lowest BCUT2D eigenvalue weighted by Crippen LogP contribution is -2.31. The van der Waals surface area contributed by atoms with Crippen molar-refractivity contribution < 1.29 is 18.9 Å². The third-order valence-electron chi connectivity index (χ3n) is 2.97. The molecule has 0 N–H and O–H groups in total. The summed E-state index contributed by atoms with van der Waals surface area (Å²) >= 11 is 9.91. The molecule has 106 valence electrons. The van der Waals surface area contributed by atoms with Crippen LogP contribution in [0, 0.1) is 0 Å². The molecule has 0 spiro atoms. The monoisotopic (exact) mass is 350 g/mol. The molecule has 0 amide bonds. The highest BCUT2D eigenvalue weighted by molar-refractivity contribution is 9.09. The quantitative estimate of drug-likeness (QED) is 0.781. The summed E-state index contributed by atoms with van der Waals surface area (Å²) in [5.41, 5.74) is 0.898. The predicted octanol–water partition coefficient (Wildman–Crippen LogP) is 3.21. The molecule has 1 aliphatic rings. The van der Waals surface area contributed by atoms with Crippen LogP contribution in [0.2, 0.25) is 5.02 Å². The van der Waals surface area contributed by atoms with Crippen LogP contribution in [0.15, 0.2) is 12.1 Å². The topological polar surface area (TPSA) is 36.9 Å². The lowest BCUT2D eigenvalue weighted by Gasteiger charge is -2.28. The van der Waals surface area contributed by atoms with Crippen LogP contribution in [-0.4, -0.2) is 40.1 Å². The van der Waals surface area contributed by atoms with Gasteiger partial charge in [-0.25, -0.2) is 0 Å². The molecule has 1 fully saturated rings. The number of alkyl halides is 1. The molecule has 2 atom stereocenters. The molecular formula is C13H16BrClO4. The molecule has 0 bridgehead atoms. The maximum atomic E-state index is 6.29. The fourth-order valence-electron chi connectivity index (χ4n) is 1.96. The lowest BCUT2D eigenvalue weighted by molar-refractivity contribution is -0.0876. The van der Waals surface area contributed by atoms with Gasteiger partial charge in [-0.15, -0.1) is 0 Å². The van der Waals surface area contributed by atoms with Gasteiger partial charge in [0.05, 0.1) is 45.0 Å². The van der Waals surface area contributed by atoms with Crippen LogP contribution in [0.4, 0.5) is 0 Å². The number of methoxy groups -OCH3 is 2. The van der Waals surface area contributed by atoms with Gasteiger partial charge in [-0.2, -0.15) is 0 Å². The second kappa shape index (κ2) is 6.79. The normalized spacial score (nSPS) is 20.9. The third kappa shape index (κ3) is 3.34. The number of ether oxygens (including phenoxy) is 4. The van der Waals surface area contributed by atoms with E-state index in [9.17, 15) is 0 Å². The zero-order valence-corrected chi connectivity index (χ0v) is 13.2. The second-order valence-electron chi connectivity index (χ2n) is 4.11. The Morgan fingerprint density at radius 1 is 1.26 bits per heavy atom. The molecule has 0 radical (unpaired) electrons. The summed E-state index contributed by atoms with van der Waals surface area (Å²) in [4.78, 5) is -0.0555. The van der Waals surface area contributed by atoms with Crippen molar-refractivity contribution in [2.45, 2.75) is 10.9 Å². The first kappa shape index (κ1) is 14.9. The molecule has 1 saturated heterocycles. The number of benzene rings is 1. The summed E-state index contributed by atoms with van der Waals surface area (Å²) in [6.07, 6.45) is -0.0654. The minimum Gasteiger partial charge on any atom is -0.493 e. The van der Waals surface area contributed by atoms with Gasteiger partial charge in [0.25, 0.3) is 0 Å². The molecule has 4 nitrogen and oxygen atoms in total. The van der Waals surface area contributed by atoms with Gasteiger partial charge in [-0.05, 0) is 11.6 Å². The molecule has 2 rings (SSSR count). The Hall–Kier alpha value is -0.490. The van der Waals surface area contributed by atoms with Gasteiger partial charge in [-0.3, -0.25) is 0 Å². The summed E-state index contributed by atoms with van der Waals surface area (Å²) in [6, 6.07) is 3.60. The fourth-order valence-corrected chi connectivity index (χ4v) is 3.04. The average Bonchev–Trinajstić information content (AvgIpc) is 2.47. The van der Waals surface area contributed by atoms with E-state index in [0.717, 1.165) is 5.56 Å². The Morgan fingerprint density at radius 2 is 1.95 bits per heavy atom. The smallest absolute Gasteiger partial charge is 0.162 e. The first-order chi connectivity index (χ1) is 9.17. The van der Waals surface area contributed by atoms with Crippen LogP contribution < -0.4 is 9.47 Å². The maximum Gasteiger partial charge on any atom is 0.162 e. The van der Waals surface area contributed by atoms with Crippen molar-refractivity contribution in [3.05, 3.63) is 22.7 Å².